The summed E-state index contributed by atoms with van der Waals surface area (Å²) < 4.78 is 13.6. The maximum absolute atomic E-state index is 13.6. The van der Waals surface area contributed by atoms with Crippen molar-refractivity contribution in [2.45, 2.75) is 32.7 Å². The maximum Gasteiger partial charge on any atom is 0.127 e. The maximum atomic E-state index is 13.6. The Balaban J connectivity index is 2.36. The molecule has 0 saturated heterocycles. The predicted octanol–water partition coefficient (Wildman–Crippen LogP) is 3.34. The Bertz CT molecular complexity index is 381. The van der Waals surface area contributed by atoms with Crippen molar-refractivity contribution in [3.63, 3.8) is 0 Å². The van der Waals surface area contributed by atoms with E-state index < -0.39 is 0 Å². The van der Waals surface area contributed by atoms with Crippen LogP contribution >= 0.6 is 11.6 Å². The summed E-state index contributed by atoms with van der Waals surface area (Å²) >= 11 is 6.01. The lowest BCUT2D eigenvalue weighted by molar-refractivity contribution is 0.311. The van der Waals surface area contributed by atoms with Crippen LogP contribution in [-0.2, 0) is 6.42 Å². The van der Waals surface area contributed by atoms with E-state index in [2.05, 4.69) is 31.0 Å². The topological polar surface area (TPSA) is 15.3 Å². The second-order valence-electron chi connectivity index (χ2n) is 5.93. The highest BCUT2D eigenvalue weighted by atomic mass is 35.5. The Kier molecular flexibility index (Phi) is 6.24. The molecule has 0 aliphatic rings. The molecule has 0 heterocycles. The third kappa shape index (κ3) is 6.37. The van der Waals surface area contributed by atoms with Crippen LogP contribution < -0.4 is 5.32 Å². The highest BCUT2D eigenvalue weighted by Crippen LogP contribution is 2.19. The van der Waals surface area contributed by atoms with Gasteiger partial charge in [-0.15, -0.1) is 0 Å². The SMILES string of the molecule is CN(CCNC(C)(C)C)CCc1c(F)cccc1Cl. The molecule has 1 N–H and O–H groups in total. The van der Waals surface area contributed by atoms with Gasteiger partial charge < -0.3 is 10.2 Å². The Morgan fingerprint density at radius 3 is 2.53 bits per heavy atom. The van der Waals surface area contributed by atoms with E-state index in [9.17, 15) is 4.39 Å². The molecule has 108 valence electrons. The molecule has 0 unspecified atom stereocenters. The van der Waals surface area contributed by atoms with E-state index in [1.54, 1.807) is 12.1 Å². The van der Waals surface area contributed by atoms with Crippen LogP contribution in [0.25, 0.3) is 0 Å². The minimum Gasteiger partial charge on any atom is -0.311 e. The molecule has 0 fully saturated rings. The van der Waals surface area contributed by atoms with Crippen molar-refractivity contribution < 1.29 is 4.39 Å². The number of likely N-dealkylation sites (N-methyl/N-ethyl adjacent to an activating group) is 1. The Hall–Kier alpha value is -0.640. The van der Waals surface area contributed by atoms with Crippen molar-refractivity contribution in [1.29, 1.82) is 0 Å². The van der Waals surface area contributed by atoms with Gasteiger partial charge in [0.25, 0.3) is 0 Å². The quantitative estimate of drug-likeness (QED) is 0.863. The molecule has 1 aromatic rings. The zero-order valence-electron chi connectivity index (χ0n) is 12.3. The first-order valence-corrected chi connectivity index (χ1v) is 7.04. The van der Waals surface area contributed by atoms with Crippen LogP contribution in [-0.4, -0.2) is 37.1 Å². The van der Waals surface area contributed by atoms with E-state index in [1.807, 2.05) is 7.05 Å². The summed E-state index contributed by atoms with van der Waals surface area (Å²) in [7, 11) is 2.04. The fourth-order valence-electron chi connectivity index (χ4n) is 1.81. The summed E-state index contributed by atoms with van der Waals surface area (Å²) in [5.74, 6) is -0.214. The molecule has 4 heteroatoms. The molecule has 0 aliphatic carbocycles. The normalized spacial score (nSPS) is 12.2. The van der Waals surface area contributed by atoms with Crippen molar-refractivity contribution in [3.8, 4) is 0 Å². The lowest BCUT2D eigenvalue weighted by Crippen LogP contribution is -2.40. The minimum absolute atomic E-state index is 0.135. The molecule has 19 heavy (non-hydrogen) atoms. The van der Waals surface area contributed by atoms with Crippen molar-refractivity contribution in [3.05, 3.63) is 34.6 Å². The summed E-state index contributed by atoms with van der Waals surface area (Å²) in [5.41, 5.74) is 0.746. The molecule has 0 amide bonds. The third-order valence-electron chi connectivity index (χ3n) is 2.95. The molecular formula is C15H24ClFN2. The standard InChI is InChI=1S/C15H24ClFN2/c1-15(2,3)18-9-11-19(4)10-8-12-13(16)6-5-7-14(12)17/h5-7,18H,8-11H2,1-4H3. The summed E-state index contributed by atoms with van der Waals surface area (Å²) in [6, 6.07) is 4.83. The molecule has 0 aromatic heterocycles. The average molecular weight is 287 g/mol. The zero-order chi connectivity index (χ0) is 14.5. The number of nitrogens with zero attached hydrogens (tertiary/aromatic N) is 1. The van der Waals surface area contributed by atoms with Gasteiger partial charge in [0.05, 0.1) is 0 Å². The fourth-order valence-corrected chi connectivity index (χ4v) is 2.06. The number of nitrogens with one attached hydrogen (secondary N) is 1. The van der Waals surface area contributed by atoms with Crippen molar-refractivity contribution >= 4 is 11.6 Å². The van der Waals surface area contributed by atoms with Crippen LogP contribution in [0.3, 0.4) is 0 Å². The second-order valence-corrected chi connectivity index (χ2v) is 6.34. The van der Waals surface area contributed by atoms with E-state index in [4.69, 9.17) is 11.6 Å². The van der Waals surface area contributed by atoms with E-state index in [-0.39, 0.29) is 11.4 Å². The van der Waals surface area contributed by atoms with Crippen LogP contribution in [0.2, 0.25) is 5.02 Å². The van der Waals surface area contributed by atoms with Crippen LogP contribution in [0.15, 0.2) is 18.2 Å². The summed E-state index contributed by atoms with van der Waals surface area (Å²) in [4.78, 5) is 2.18. The van der Waals surface area contributed by atoms with Gasteiger partial charge in [0.1, 0.15) is 5.82 Å². The number of rotatable bonds is 6. The molecule has 1 aromatic carbocycles. The number of benzene rings is 1. The van der Waals surface area contributed by atoms with Gasteiger partial charge in [0.15, 0.2) is 0 Å². The van der Waals surface area contributed by atoms with Gasteiger partial charge in [-0.05, 0) is 46.4 Å². The first-order valence-electron chi connectivity index (χ1n) is 6.66. The molecule has 0 spiro atoms. The minimum atomic E-state index is -0.214. The monoisotopic (exact) mass is 286 g/mol. The molecule has 0 aliphatic heterocycles. The van der Waals surface area contributed by atoms with Gasteiger partial charge in [-0.2, -0.15) is 0 Å². The molecule has 0 atom stereocenters. The number of hydrogen-bond acceptors (Lipinski definition) is 2. The van der Waals surface area contributed by atoms with E-state index >= 15 is 0 Å². The van der Waals surface area contributed by atoms with Crippen LogP contribution in [0, 0.1) is 5.82 Å². The Morgan fingerprint density at radius 1 is 1.26 bits per heavy atom. The molecular weight excluding hydrogens is 263 g/mol. The highest BCUT2D eigenvalue weighted by molar-refractivity contribution is 6.31. The fraction of sp³-hybridized carbons (Fsp3) is 0.600. The van der Waals surface area contributed by atoms with Gasteiger partial charge in [0.2, 0.25) is 0 Å². The molecule has 1 rings (SSSR count). The third-order valence-corrected chi connectivity index (χ3v) is 3.31. The average Bonchev–Trinajstić information content (AvgIpc) is 2.26. The molecule has 0 saturated carbocycles. The predicted molar refractivity (Wildman–Crippen MR) is 80.4 cm³/mol. The van der Waals surface area contributed by atoms with E-state index in [0.29, 0.717) is 17.0 Å². The van der Waals surface area contributed by atoms with Gasteiger partial charge >= 0.3 is 0 Å². The van der Waals surface area contributed by atoms with Gasteiger partial charge in [-0.3, -0.25) is 0 Å². The summed E-state index contributed by atoms with van der Waals surface area (Å²) in [6.45, 7) is 9.09. The van der Waals surface area contributed by atoms with Gasteiger partial charge in [-0.25, -0.2) is 4.39 Å². The van der Waals surface area contributed by atoms with E-state index in [1.165, 1.54) is 6.07 Å². The highest BCUT2D eigenvalue weighted by Gasteiger charge is 2.10. The van der Waals surface area contributed by atoms with E-state index in [0.717, 1.165) is 19.6 Å². The lowest BCUT2D eigenvalue weighted by Gasteiger charge is -2.23. The van der Waals surface area contributed by atoms with Crippen molar-refractivity contribution in [2.75, 3.05) is 26.7 Å². The molecule has 2 nitrogen and oxygen atoms in total. The van der Waals surface area contributed by atoms with Crippen LogP contribution in [0.5, 0.6) is 0 Å². The van der Waals surface area contributed by atoms with Crippen LogP contribution in [0.4, 0.5) is 4.39 Å². The smallest absolute Gasteiger partial charge is 0.127 e. The summed E-state index contributed by atoms with van der Waals surface area (Å²) in [5, 5.41) is 3.95. The lowest BCUT2D eigenvalue weighted by atomic mass is 10.1. The first-order chi connectivity index (χ1) is 8.79. The van der Waals surface area contributed by atoms with Crippen LogP contribution in [0.1, 0.15) is 26.3 Å². The Labute approximate surface area is 120 Å². The van der Waals surface area contributed by atoms with Gasteiger partial charge in [0, 0.05) is 35.8 Å². The first kappa shape index (κ1) is 16.4. The largest absolute Gasteiger partial charge is 0.311 e. The zero-order valence-corrected chi connectivity index (χ0v) is 13.0. The summed E-state index contributed by atoms with van der Waals surface area (Å²) in [6.07, 6.45) is 0.636. The van der Waals surface area contributed by atoms with Crippen molar-refractivity contribution in [1.82, 2.24) is 10.2 Å². The molecule has 0 bridgehead atoms. The Morgan fingerprint density at radius 2 is 1.95 bits per heavy atom. The van der Waals surface area contributed by atoms with Crippen molar-refractivity contribution in [2.24, 2.45) is 0 Å². The second kappa shape index (κ2) is 7.22. The number of halogens is 2. The van der Waals surface area contributed by atoms with Gasteiger partial charge in [-0.1, -0.05) is 17.7 Å². The molecule has 0 radical (unpaired) electrons. The number of hydrogen-bond donors (Lipinski definition) is 1.